The SMILES string of the molecule is Cc1nn(-c2ccccn2)c(C)c1N1CCN(C(=O)COc2ccccc2F)CC1. The summed E-state index contributed by atoms with van der Waals surface area (Å²) in [6, 6.07) is 11.8. The van der Waals surface area contributed by atoms with Crippen LogP contribution in [0, 0.1) is 19.7 Å². The quantitative estimate of drug-likeness (QED) is 0.649. The van der Waals surface area contributed by atoms with E-state index in [2.05, 4.69) is 15.0 Å². The number of para-hydroxylation sites is 1. The van der Waals surface area contributed by atoms with Gasteiger partial charge in [0.05, 0.1) is 17.1 Å². The second kappa shape index (κ2) is 8.52. The monoisotopic (exact) mass is 409 g/mol. The van der Waals surface area contributed by atoms with Gasteiger partial charge in [-0.3, -0.25) is 4.79 Å². The number of hydrogen-bond donors (Lipinski definition) is 0. The summed E-state index contributed by atoms with van der Waals surface area (Å²) in [5.74, 6) is 0.266. The van der Waals surface area contributed by atoms with E-state index in [0.29, 0.717) is 26.2 Å². The maximum Gasteiger partial charge on any atom is 0.260 e. The van der Waals surface area contributed by atoms with Crippen molar-refractivity contribution >= 4 is 11.6 Å². The Hall–Kier alpha value is -3.42. The number of carbonyl (C=O) groups excluding carboxylic acids is 1. The average molecular weight is 409 g/mol. The third-order valence-corrected chi connectivity index (χ3v) is 5.26. The highest BCUT2D eigenvalue weighted by Crippen LogP contribution is 2.27. The number of nitrogens with zero attached hydrogens (tertiary/aromatic N) is 5. The van der Waals surface area contributed by atoms with Gasteiger partial charge < -0.3 is 14.5 Å². The van der Waals surface area contributed by atoms with Crippen LogP contribution < -0.4 is 9.64 Å². The number of amides is 1. The van der Waals surface area contributed by atoms with Gasteiger partial charge in [-0.05, 0) is 38.1 Å². The smallest absolute Gasteiger partial charge is 0.260 e. The highest BCUT2D eigenvalue weighted by molar-refractivity contribution is 5.78. The summed E-state index contributed by atoms with van der Waals surface area (Å²) in [6.07, 6.45) is 1.75. The Balaban J connectivity index is 1.38. The maximum absolute atomic E-state index is 13.7. The van der Waals surface area contributed by atoms with Crippen molar-refractivity contribution < 1.29 is 13.9 Å². The first-order valence-corrected chi connectivity index (χ1v) is 9.92. The minimum atomic E-state index is -0.467. The summed E-state index contributed by atoms with van der Waals surface area (Å²) in [7, 11) is 0. The number of carbonyl (C=O) groups is 1. The van der Waals surface area contributed by atoms with E-state index in [0.717, 1.165) is 22.9 Å². The Bertz CT molecular complexity index is 1030. The topological polar surface area (TPSA) is 63.5 Å². The molecule has 8 heteroatoms. The average Bonchev–Trinajstić information content (AvgIpc) is 3.07. The molecule has 0 bridgehead atoms. The zero-order chi connectivity index (χ0) is 21.1. The predicted molar refractivity (Wildman–Crippen MR) is 112 cm³/mol. The van der Waals surface area contributed by atoms with Gasteiger partial charge >= 0.3 is 0 Å². The minimum absolute atomic E-state index is 0.0951. The summed E-state index contributed by atoms with van der Waals surface area (Å²) in [5.41, 5.74) is 3.03. The molecule has 156 valence electrons. The fourth-order valence-corrected chi connectivity index (χ4v) is 3.77. The largest absolute Gasteiger partial charge is 0.481 e. The van der Waals surface area contributed by atoms with Crippen LogP contribution in [0.1, 0.15) is 11.4 Å². The van der Waals surface area contributed by atoms with E-state index in [9.17, 15) is 9.18 Å². The lowest BCUT2D eigenvalue weighted by atomic mass is 10.2. The molecule has 1 fully saturated rings. The molecule has 1 aliphatic rings. The Morgan fingerprint density at radius 3 is 2.50 bits per heavy atom. The lowest BCUT2D eigenvalue weighted by molar-refractivity contribution is -0.133. The second-order valence-electron chi connectivity index (χ2n) is 7.21. The Labute approximate surface area is 174 Å². The fourth-order valence-electron chi connectivity index (χ4n) is 3.77. The standard InChI is InChI=1S/C22H24FN5O2/c1-16-22(17(2)28(25-16)20-9-5-6-10-24-20)27-13-11-26(12-14-27)21(29)15-30-19-8-4-3-7-18(19)23/h3-10H,11-15H2,1-2H3. The summed E-state index contributed by atoms with van der Waals surface area (Å²) in [5, 5.41) is 4.66. The summed E-state index contributed by atoms with van der Waals surface area (Å²) in [6.45, 7) is 6.39. The fraction of sp³-hybridized carbons (Fsp3) is 0.318. The van der Waals surface area contributed by atoms with E-state index < -0.39 is 5.82 Å². The number of pyridine rings is 1. The van der Waals surface area contributed by atoms with Crippen molar-refractivity contribution in [2.45, 2.75) is 13.8 Å². The molecule has 0 atom stereocenters. The van der Waals surface area contributed by atoms with Gasteiger partial charge in [0.25, 0.3) is 5.91 Å². The van der Waals surface area contributed by atoms with Crippen LogP contribution in [-0.4, -0.2) is 58.4 Å². The Kier molecular flexibility index (Phi) is 5.65. The normalized spacial score (nSPS) is 14.1. The first-order valence-electron chi connectivity index (χ1n) is 9.92. The molecule has 0 spiro atoms. The number of benzene rings is 1. The molecule has 1 amide bonds. The van der Waals surface area contributed by atoms with Crippen molar-refractivity contribution in [1.82, 2.24) is 19.7 Å². The van der Waals surface area contributed by atoms with E-state index in [1.54, 1.807) is 23.2 Å². The molecule has 4 rings (SSSR count). The van der Waals surface area contributed by atoms with Gasteiger partial charge in [0.2, 0.25) is 0 Å². The molecule has 1 saturated heterocycles. The number of aryl methyl sites for hydroxylation is 1. The van der Waals surface area contributed by atoms with Crippen LogP contribution >= 0.6 is 0 Å². The molecule has 3 heterocycles. The van der Waals surface area contributed by atoms with Gasteiger partial charge in [-0.1, -0.05) is 18.2 Å². The van der Waals surface area contributed by atoms with Gasteiger partial charge in [0.1, 0.15) is 0 Å². The molecule has 0 radical (unpaired) electrons. The molecule has 0 unspecified atom stereocenters. The number of piperazine rings is 1. The first kappa shape index (κ1) is 19.9. The molecule has 7 nitrogen and oxygen atoms in total. The van der Waals surface area contributed by atoms with Crippen LogP contribution in [0.15, 0.2) is 48.7 Å². The molecule has 1 aliphatic heterocycles. The van der Waals surface area contributed by atoms with Crippen molar-refractivity contribution in [3.8, 4) is 11.6 Å². The van der Waals surface area contributed by atoms with Crippen molar-refractivity contribution in [3.05, 3.63) is 65.9 Å². The highest BCUT2D eigenvalue weighted by Gasteiger charge is 2.26. The van der Waals surface area contributed by atoms with Crippen molar-refractivity contribution in [2.24, 2.45) is 0 Å². The minimum Gasteiger partial charge on any atom is -0.481 e. The molecule has 2 aromatic heterocycles. The molecule has 0 aliphatic carbocycles. The Morgan fingerprint density at radius 1 is 1.07 bits per heavy atom. The van der Waals surface area contributed by atoms with Crippen molar-refractivity contribution in [2.75, 3.05) is 37.7 Å². The third-order valence-electron chi connectivity index (χ3n) is 5.26. The zero-order valence-corrected chi connectivity index (χ0v) is 17.1. The zero-order valence-electron chi connectivity index (χ0n) is 17.1. The van der Waals surface area contributed by atoms with Gasteiger partial charge in [0.15, 0.2) is 24.0 Å². The highest BCUT2D eigenvalue weighted by atomic mass is 19.1. The number of hydrogen-bond acceptors (Lipinski definition) is 5. The maximum atomic E-state index is 13.7. The van der Waals surface area contributed by atoms with E-state index in [1.807, 2.05) is 36.7 Å². The second-order valence-corrected chi connectivity index (χ2v) is 7.21. The molecule has 0 N–H and O–H groups in total. The van der Waals surface area contributed by atoms with Crippen LogP contribution in [-0.2, 0) is 4.79 Å². The van der Waals surface area contributed by atoms with E-state index >= 15 is 0 Å². The van der Waals surface area contributed by atoms with Gasteiger partial charge in [-0.15, -0.1) is 0 Å². The van der Waals surface area contributed by atoms with Crippen LogP contribution in [0.5, 0.6) is 5.75 Å². The van der Waals surface area contributed by atoms with E-state index in [4.69, 9.17) is 4.74 Å². The van der Waals surface area contributed by atoms with E-state index in [1.165, 1.54) is 12.1 Å². The number of aromatic nitrogens is 3. The summed E-state index contributed by atoms with van der Waals surface area (Å²) in [4.78, 5) is 20.9. The predicted octanol–water partition coefficient (Wildman–Crippen LogP) is 2.75. The van der Waals surface area contributed by atoms with Crippen LogP contribution in [0.25, 0.3) is 5.82 Å². The van der Waals surface area contributed by atoms with Gasteiger partial charge in [-0.25, -0.2) is 14.1 Å². The van der Waals surface area contributed by atoms with Crippen molar-refractivity contribution in [1.29, 1.82) is 0 Å². The Morgan fingerprint density at radius 2 is 1.80 bits per heavy atom. The number of rotatable bonds is 5. The van der Waals surface area contributed by atoms with Crippen LogP contribution in [0.3, 0.4) is 0 Å². The molecule has 1 aromatic carbocycles. The number of anilines is 1. The summed E-state index contributed by atoms with van der Waals surface area (Å²) < 4.78 is 20.9. The third kappa shape index (κ3) is 3.98. The molecular formula is C22H24FN5O2. The van der Waals surface area contributed by atoms with Crippen molar-refractivity contribution in [3.63, 3.8) is 0 Å². The van der Waals surface area contributed by atoms with Crippen LogP contribution in [0.2, 0.25) is 0 Å². The molecule has 3 aromatic rings. The lowest BCUT2D eigenvalue weighted by Gasteiger charge is -2.36. The summed E-state index contributed by atoms with van der Waals surface area (Å²) >= 11 is 0. The van der Waals surface area contributed by atoms with Gasteiger partial charge in [-0.2, -0.15) is 5.10 Å². The molecule has 0 saturated carbocycles. The van der Waals surface area contributed by atoms with E-state index in [-0.39, 0.29) is 18.3 Å². The molecular weight excluding hydrogens is 385 g/mol. The van der Waals surface area contributed by atoms with Gasteiger partial charge in [0, 0.05) is 32.4 Å². The molecule has 30 heavy (non-hydrogen) atoms. The van der Waals surface area contributed by atoms with Crippen LogP contribution in [0.4, 0.5) is 10.1 Å². The number of halogens is 1. The lowest BCUT2D eigenvalue weighted by Crippen LogP contribution is -2.50. The first-order chi connectivity index (χ1) is 14.5. The number of ether oxygens (including phenoxy) is 1.